The van der Waals surface area contributed by atoms with E-state index in [1.54, 1.807) is 4.90 Å². The van der Waals surface area contributed by atoms with E-state index in [2.05, 4.69) is 22.9 Å². The van der Waals surface area contributed by atoms with E-state index in [1.807, 2.05) is 0 Å². The second-order valence-electron chi connectivity index (χ2n) is 5.20. The van der Waals surface area contributed by atoms with Gasteiger partial charge in [0.2, 0.25) is 0 Å². The molecule has 0 radical (unpaired) electrons. The molecule has 116 valence electrons. The van der Waals surface area contributed by atoms with E-state index in [1.165, 1.54) is 12.1 Å². The molecule has 0 aliphatic carbocycles. The zero-order chi connectivity index (χ0) is 15.8. The topological polar surface area (TPSA) is 54.5 Å². The predicted octanol–water partition coefficient (Wildman–Crippen LogP) is 3.90. The lowest BCUT2D eigenvalue weighted by atomic mass is 9.99. The molecular weight excluding hydrogens is 401 g/mol. The summed E-state index contributed by atoms with van der Waals surface area (Å²) in [5.41, 5.74) is 0.152. The molecule has 1 fully saturated rings. The molecule has 0 spiro atoms. The number of hydrogen-bond donors (Lipinski definition) is 0. The Bertz CT molecular complexity index is 678. The molecule has 1 saturated heterocycles. The van der Waals surface area contributed by atoms with Gasteiger partial charge in [-0.2, -0.15) is 0 Å². The van der Waals surface area contributed by atoms with Crippen molar-refractivity contribution in [2.24, 2.45) is 5.92 Å². The minimum atomic E-state index is -3.93. The van der Waals surface area contributed by atoms with Gasteiger partial charge in [0.1, 0.15) is 0 Å². The van der Waals surface area contributed by atoms with E-state index in [0.717, 1.165) is 12.8 Å². The minimum Gasteiger partial charge on any atom is -0.338 e. The zero-order valence-electron chi connectivity index (χ0n) is 11.3. The summed E-state index contributed by atoms with van der Waals surface area (Å²) in [6.45, 7) is 3.37. The van der Waals surface area contributed by atoms with Crippen LogP contribution in [0.2, 0.25) is 5.02 Å². The van der Waals surface area contributed by atoms with Crippen LogP contribution < -0.4 is 0 Å². The highest BCUT2D eigenvalue weighted by molar-refractivity contribution is 9.10. The molecule has 0 saturated carbocycles. The van der Waals surface area contributed by atoms with Gasteiger partial charge in [-0.15, -0.1) is 0 Å². The van der Waals surface area contributed by atoms with Crippen molar-refractivity contribution in [2.75, 3.05) is 13.1 Å². The van der Waals surface area contributed by atoms with Crippen LogP contribution in [0.4, 0.5) is 0 Å². The van der Waals surface area contributed by atoms with Crippen LogP contribution in [0, 0.1) is 5.92 Å². The Hall–Kier alpha value is -0.300. The van der Waals surface area contributed by atoms with Crippen LogP contribution in [-0.2, 0) is 9.05 Å². The molecule has 8 heteroatoms. The molecule has 0 aromatic heterocycles. The van der Waals surface area contributed by atoms with Crippen LogP contribution in [0.25, 0.3) is 0 Å². The van der Waals surface area contributed by atoms with Crippen molar-refractivity contribution < 1.29 is 13.2 Å². The molecular formula is C13H14BrCl2NO3S. The summed E-state index contributed by atoms with van der Waals surface area (Å²) in [5, 5.41) is 0.197. The quantitative estimate of drug-likeness (QED) is 0.689. The predicted molar refractivity (Wildman–Crippen MR) is 86.5 cm³/mol. The molecule has 21 heavy (non-hydrogen) atoms. The molecule has 1 heterocycles. The lowest BCUT2D eigenvalue weighted by Gasteiger charge is -2.31. The molecule has 1 atom stereocenters. The zero-order valence-corrected chi connectivity index (χ0v) is 15.2. The van der Waals surface area contributed by atoms with Crippen LogP contribution in [0.3, 0.4) is 0 Å². The minimum absolute atomic E-state index is 0.145. The number of amides is 1. The lowest BCUT2D eigenvalue weighted by molar-refractivity contribution is 0.0683. The van der Waals surface area contributed by atoms with Crippen molar-refractivity contribution in [1.29, 1.82) is 0 Å². The summed E-state index contributed by atoms with van der Waals surface area (Å²) < 4.78 is 23.3. The van der Waals surface area contributed by atoms with Gasteiger partial charge in [0, 0.05) is 28.2 Å². The van der Waals surface area contributed by atoms with E-state index >= 15 is 0 Å². The number of halogens is 3. The third-order valence-electron chi connectivity index (χ3n) is 3.46. The highest BCUT2D eigenvalue weighted by Crippen LogP contribution is 2.32. The van der Waals surface area contributed by atoms with E-state index in [0.29, 0.717) is 23.5 Å². The van der Waals surface area contributed by atoms with Gasteiger partial charge in [0.15, 0.2) is 0 Å². The number of rotatable bonds is 2. The largest absolute Gasteiger partial charge is 0.338 e. The van der Waals surface area contributed by atoms with E-state index in [4.69, 9.17) is 22.3 Å². The second kappa shape index (κ2) is 6.44. The molecule has 4 nitrogen and oxygen atoms in total. The lowest BCUT2D eigenvalue weighted by Crippen LogP contribution is -2.39. The Morgan fingerprint density at radius 1 is 1.43 bits per heavy atom. The molecule has 1 aromatic carbocycles. The van der Waals surface area contributed by atoms with Crippen molar-refractivity contribution >= 4 is 53.2 Å². The van der Waals surface area contributed by atoms with Gasteiger partial charge in [-0.1, -0.05) is 18.5 Å². The van der Waals surface area contributed by atoms with Gasteiger partial charge < -0.3 is 4.90 Å². The number of hydrogen-bond acceptors (Lipinski definition) is 3. The molecule has 1 aromatic rings. The molecule has 1 aliphatic heterocycles. The Kier molecular flexibility index (Phi) is 5.23. The van der Waals surface area contributed by atoms with E-state index in [-0.39, 0.29) is 21.4 Å². The number of piperidine rings is 1. The fraction of sp³-hybridized carbons (Fsp3) is 0.462. The molecule has 2 rings (SSSR count). The van der Waals surface area contributed by atoms with Crippen LogP contribution in [0.5, 0.6) is 0 Å². The SMILES string of the molecule is CC1CCCN(C(=O)c2cc(S(=O)(=O)Cl)cc(Br)c2Cl)C1. The first kappa shape index (κ1) is 17.1. The van der Waals surface area contributed by atoms with Crippen LogP contribution >= 0.6 is 38.2 Å². The van der Waals surface area contributed by atoms with Crippen LogP contribution in [-0.4, -0.2) is 32.3 Å². The van der Waals surface area contributed by atoms with Crippen molar-refractivity contribution in [2.45, 2.75) is 24.7 Å². The number of carbonyl (C=O) groups is 1. The summed E-state index contributed by atoms with van der Waals surface area (Å²) in [5.74, 6) is 0.152. The Labute approximate surface area is 142 Å². The van der Waals surface area contributed by atoms with Gasteiger partial charge in [-0.25, -0.2) is 8.42 Å². The summed E-state index contributed by atoms with van der Waals surface area (Å²) in [7, 11) is 1.43. The summed E-state index contributed by atoms with van der Waals surface area (Å²) in [4.78, 5) is 14.1. The smallest absolute Gasteiger partial charge is 0.261 e. The van der Waals surface area contributed by atoms with Gasteiger partial charge in [-0.05, 0) is 46.8 Å². The summed E-state index contributed by atoms with van der Waals surface area (Å²) in [6.07, 6.45) is 2.01. The Morgan fingerprint density at radius 3 is 2.67 bits per heavy atom. The van der Waals surface area contributed by atoms with Gasteiger partial charge in [0.05, 0.1) is 15.5 Å². The number of carbonyl (C=O) groups excluding carboxylic acids is 1. The van der Waals surface area contributed by atoms with Crippen LogP contribution in [0.1, 0.15) is 30.1 Å². The van der Waals surface area contributed by atoms with Crippen molar-refractivity contribution in [3.05, 3.63) is 27.2 Å². The van der Waals surface area contributed by atoms with Crippen LogP contribution in [0.15, 0.2) is 21.5 Å². The first-order valence-corrected chi connectivity index (χ1v) is 9.91. The number of likely N-dealkylation sites (tertiary alicyclic amines) is 1. The average molecular weight is 415 g/mol. The number of benzene rings is 1. The Morgan fingerprint density at radius 2 is 2.10 bits per heavy atom. The number of nitrogens with zero attached hydrogens (tertiary/aromatic N) is 1. The van der Waals surface area contributed by atoms with Gasteiger partial charge in [-0.3, -0.25) is 4.79 Å². The van der Waals surface area contributed by atoms with Crippen molar-refractivity contribution in [3.8, 4) is 0 Å². The summed E-state index contributed by atoms with van der Waals surface area (Å²) in [6, 6.07) is 2.53. The second-order valence-corrected chi connectivity index (χ2v) is 9.00. The van der Waals surface area contributed by atoms with Gasteiger partial charge >= 0.3 is 0 Å². The average Bonchev–Trinajstić information content (AvgIpc) is 2.39. The first-order valence-electron chi connectivity index (χ1n) is 6.43. The maximum Gasteiger partial charge on any atom is 0.261 e. The fourth-order valence-electron chi connectivity index (χ4n) is 2.40. The third-order valence-corrected chi connectivity index (χ3v) is 6.05. The highest BCUT2D eigenvalue weighted by Gasteiger charge is 2.26. The highest BCUT2D eigenvalue weighted by atomic mass is 79.9. The van der Waals surface area contributed by atoms with Crippen molar-refractivity contribution in [3.63, 3.8) is 0 Å². The molecule has 1 unspecified atom stereocenters. The molecule has 0 bridgehead atoms. The summed E-state index contributed by atoms with van der Waals surface area (Å²) >= 11 is 9.30. The molecule has 1 aliphatic rings. The Balaban J connectivity index is 2.43. The molecule has 0 N–H and O–H groups in total. The standard InChI is InChI=1S/C13H14BrCl2NO3S/c1-8-3-2-4-17(7-8)13(18)10-5-9(21(16,19)20)6-11(14)12(10)15/h5-6,8H,2-4,7H2,1H3. The van der Waals surface area contributed by atoms with E-state index in [9.17, 15) is 13.2 Å². The normalized spacial score (nSPS) is 19.6. The van der Waals surface area contributed by atoms with Gasteiger partial charge in [0.25, 0.3) is 15.0 Å². The first-order chi connectivity index (χ1) is 9.70. The molecule has 1 amide bonds. The maximum atomic E-state index is 12.6. The van der Waals surface area contributed by atoms with E-state index < -0.39 is 9.05 Å². The monoisotopic (exact) mass is 413 g/mol. The fourth-order valence-corrected chi connectivity index (χ4v) is 3.99. The van der Waals surface area contributed by atoms with Crippen molar-refractivity contribution in [1.82, 2.24) is 4.90 Å². The maximum absolute atomic E-state index is 12.6. The third kappa shape index (κ3) is 3.92.